The van der Waals surface area contributed by atoms with Gasteiger partial charge in [-0.1, -0.05) is 83.9 Å². The summed E-state index contributed by atoms with van der Waals surface area (Å²) in [5.41, 5.74) is 9.52. The smallest absolute Gasteiger partial charge is 0.338 e. The molecule has 0 saturated heterocycles. The van der Waals surface area contributed by atoms with Crippen LogP contribution in [0.25, 0.3) is 22.3 Å². The Morgan fingerprint density at radius 1 is 0.621 bits per heavy atom. The predicted octanol–water partition coefficient (Wildman–Crippen LogP) is 11.4. The third kappa shape index (κ3) is 9.36. The second-order valence-electron chi connectivity index (χ2n) is 14.3. The molecule has 10 heteroatoms. The van der Waals surface area contributed by atoms with E-state index >= 15 is 0 Å². The lowest BCUT2D eigenvalue weighted by Gasteiger charge is -2.27. The van der Waals surface area contributed by atoms with Crippen LogP contribution in [0.1, 0.15) is 80.5 Å². The number of pyridine rings is 2. The van der Waals surface area contributed by atoms with Crippen molar-refractivity contribution in [3.63, 3.8) is 0 Å². The summed E-state index contributed by atoms with van der Waals surface area (Å²) in [6.45, 7) is 1.36. The zero-order valence-electron chi connectivity index (χ0n) is 32.5. The maximum Gasteiger partial charge on any atom is 0.338 e. The summed E-state index contributed by atoms with van der Waals surface area (Å²) in [5.74, 6) is 1.92. The fourth-order valence-corrected chi connectivity index (χ4v) is 8.27. The van der Waals surface area contributed by atoms with Gasteiger partial charge in [-0.3, -0.25) is 9.97 Å². The lowest BCUT2D eigenvalue weighted by Crippen LogP contribution is -2.15. The van der Waals surface area contributed by atoms with Crippen LogP contribution in [0.15, 0.2) is 122 Å². The van der Waals surface area contributed by atoms with E-state index in [0.29, 0.717) is 36.2 Å². The minimum absolute atomic E-state index is 0.320. The molecule has 0 unspecified atom stereocenters. The molecule has 0 radical (unpaired) electrons. The van der Waals surface area contributed by atoms with Crippen LogP contribution in [-0.2, 0) is 22.3 Å². The first-order valence-corrected chi connectivity index (χ1v) is 20.2. The molecule has 4 aromatic carbocycles. The van der Waals surface area contributed by atoms with Gasteiger partial charge in [0.2, 0.25) is 0 Å². The average Bonchev–Trinajstić information content (AvgIpc) is 3.27. The third-order valence-corrected chi connectivity index (χ3v) is 11.5. The molecule has 0 bridgehead atoms. The quantitative estimate of drug-likeness (QED) is 0.126. The number of hydrogen-bond donors (Lipinski definition) is 0. The fourth-order valence-electron chi connectivity index (χ4n) is 7.78. The van der Waals surface area contributed by atoms with Gasteiger partial charge < -0.3 is 18.9 Å². The number of aromatic nitrogens is 2. The van der Waals surface area contributed by atoms with Crippen molar-refractivity contribution in [1.29, 1.82) is 0 Å². The maximum absolute atomic E-state index is 12.0. The van der Waals surface area contributed by atoms with Crippen LogP contribution in [-0.4, -0.2) is 49.3 Å². The Hall–Kier alpha value is -5.70. The highest BCUT2D eigenvalue weighted by Crippen LogP contribution is 2.42. The first-order valence-electron chi connectivity index (χ1n) is 19.4. The first-order chi connectivity index (χ1) is 28.3. The summed E-state index contributed by atoms with van der Waals surface area (Å²) in [7, 11) is 2.80. The van der Waals surface area contributed by atoms with Crippen LogP contribution in [0.5, 0.6) is 11.5 Å². The van der Waals surface area contributed by atoms with Crippen molar-refractivity contribution in [2.75, 3.05) is 27.4 Å². The van der Waals surface area contributed by atoms with Crippen LogP contribution in [0.2, 0.25) is 10.0 Å². The van der Waals surface area contributed by atoms with Gasteiger partial charge in [0.1, 0.15) is 11.5 Å². The first kappa shape index (κ1) is 40.5. The van der Waals surface area contributed by atoms with E-state index in [1.54, 1.807) is 36.9 Å². The SMILES string of the molecule is COC(=O)c1ccncc1CC[C@@H]1CCOc2cc(-c3ccccc3Cl)ccc21.COC(=O)c1ccncc1CC[C@H]1CCOc2cc(-c3ccccc3Cl)ccc21. The van der Waals surface area contributed by atoms with Crippen LogP contribution >= 0.6 is 23.2 Å². The number of carbonyl (C=O) groups is 2. The highest BCUT2D eigenvalue weighted by Gasteiger charge is 2.25. The topological polar surface area (TPSA) is 96.8 Å². The summed E-state index contributed by atoms with van der Waals surface area (Å²) >= 11 is 12.7. The molecule has 58 heavy (non-hydrogen) atoms. The molecule has 2 aromatic heterocycles. The average molecular weight is 816 g/mol. The molecule has 8 rings (SSSR count). The molecular formula is C48H44Cl2N2O6. The number of esters is 2. The summed E-state index contributed by atoms with van der Waals surface area (Å²) in [6, 6.07) is 31.7. The van der Waals surface area contributed by atoms with Crippen molar-refractivity contribution >= 4 is 35.1 Å². The summed E-state index contributed by atoms with van der Waals surface area (Å²) in [5, 5.41) is 1.46. The number of rotatable bonds is 10. The number of methoxy groups -OCH3 is 2. The molecule has 4 heterocycles. The van der Waals surface area contributed by atoms with E-state index in [1.807, 2.05) is 48.5 Å². The van der Waals surface area contributed by atoms with E-state index in [2.05, 4.69) is 46.4 Å². The fraction of sp³-hybridized carbons (Fsp3) is 0.250. The molecule has 2 atom stereocenters. The Kier molecular flexibility index (Phi) is 13.4. The monoisotopic (exact) mass is 814 g/mol. The standard InChI is InChI=1S/2C24H22ClNO3/c2*1-28-24(27)21-10-12-26-15-18(21)7-6-16-11-13-29-23-14-17(8-9-20(16)23)19-4-2-3-5-22(19)25/h2*2-5,8-10,12,14-16H,6-7,11,13H2,1H3/t2*16-/m10/s1. The molecule has 2 aliphatic rings. The minimum atomic E-state index is -0.320. The number of nitrogens with zero attached hydrogens (tertiary/aromatic N) is 2. The number of ether oxygens (including phenoxy) is 4. The van der Waals surface area contributed by atoms with Crippen LogP contribution in [0.3, 0.4) is 0 Å². The Balaban J connectivity index is 0.000000177. The van der Waals surface area contributed by atoms with Crippen LogP contribution < -0.4 is 9.47 Å². The summed E-state index contributed by atoms with van der Waals surface area (Å²) in [4.78, 5) is 32.4. The molecule has 8 nitrogen and oxygen atoms in total. The Bertz CT molecular complexity index is 2230. The Morgan fingerprint density at radius 2 is 1.05 bits per heavy atom. The Labute approximate surface area is 349 Å². The van der Waals surface area contributed by atoms with Gasteiger partial charge in [0.05, 0.1) is 38.6 Å². The molecule has 296 valence electrons. The van der Waals surface area contributed by atoms with E-state index < -0.39 is 0 Å². The maximum atomic E-state index is 12.0. The predicted molar refractivity (Wildman–Crippen MR) is 227 cm³/mol. The largest absolute Gasteiger partial charge is 0.493 e. The van der Waals surface area contributed by atoms with Crippen molar-refractivity contribution < 1.29 is 28.5 Å². The van der Waals surface area contributed by atoms with Crippen LogP contribution in [0.4, 0.5) is 0 Å². The third-order valence-electron chi connectivity index (χ3n) is 10.9. The van der Waals surface area contributed by atoms with Gasteiger partial charge in [-0.15, -0.1) is 0 Å². The molecule has 0 aliphatic carbocycles. The number of aryl methyl sites for hydroxylation is 2. The van der Waals surface area contributed by atoms with Gasteiger partial charge in [-0.25, -0.2) is 9.59 Å². The van der Waals surface area contributed by atoms with Gasteiger partial charge in [-0.2, -0.15) is 0 Å². The highest BCUT2D eigenvalue weighted by atomic mass is 35.5. The van der Waals surface area contributed by atoms with Gasteiger partial charge in [0.15, 0.2) is 0 Å². The molecule has 0 N–H and O–H groups in total. The number of carbonyl (C=O) groups excluding carboxylic acids is 2. The molecule has 0 fully saturated rings. The Morgan fingerprint density at radius 3 is 1.47 bits per heavy atom. The molecule has 2 aliphatic heterocycles. The molecule has 0 amide bonds. The normalized spacial score (nSPS) is 15.3. The summed E-state index contributed by atoms with van der Waals surface area (Å²) in [6.07, 6.45) is 12.0. The lowest BCUT2D eigenvalue weighted by atomic mass is 9.86. The molecular weight excluding hydrogens is 771 g/mol. The number of fused-ring (bicyclic) bond motifs is 2. The second kappa shape index (κ2) is 19.2. The van der Waals surface area contributed by atoms with E-state index in [1.165, 1.54) is 25.3 Å². The van der Waals surface area contributed by atoms with E-state index in [9.17, 15) is 9.59 Å². The number of halogens is 2. The second-order valence-corrected chi connectivity index (χ2v) is 15.1. The van der Waals surface area contributed by atoms with Gasteiger partial charge in [0.25, 0.3) is 0 Å². The van der Waals surface area contributed by atoms with Gasteiger partial charge >= 0.3 is 11.9 Å². The number of benzene rings is 4. The summed E-state index contributed by atoms with van der Waals surface area (Å²) < 4.78 is 21.7. The van der Waals surface area contributed by atoms with E-state index in [4.69, 9.17) is 42.1 Å². The molecule has 0 saturated carbocycles. The lowest BCUT2D eigenvalue weighted by molar-refractivity contribution is 0.0590. The van der Waals surface area contributed by atoms with E-state index in [-0.39, 0.29) is 11.9 Å². The van der Waals surface area contributed by atoms with E-state index in [0.717, 1.165) is 93.4 Å². The zero-order valence-corrected chi connectivity index (χ0v) is 34.0. The minimum Gasteiger partial charge on any atom is -0.493 e. The zero-order chi connectivity index (χ0) is 40.4. The number of hydrogen-bond acceptors (Lipinski definition) is 8. The van der Waals surface area contributed by atoms with Gasteiger partial charge in [-0.05, 0) is 120 Å². The van der Waals surface area contributed by atoms with Crippen LogP contribution in [0, 0.1) is 0 Å². The van der Waals surface area contributed by atoms with Gasteiger partial charge in [0, 0.05) is 46.0 Å². The molecule has 6 aromatic rings. The highest BCUT2D eigenvalue weighted by molar-refractivity contribution is 6.33. The van der Waals surface area contributed by atoms with Crippen molar-refractivity contribution in [1.82, 2.24) is 9.97 Å². The molecule has 0 spiro atoms. The van der Waals surface area contributed by atoms with Crippen molar-refractivity contribution in [3.05, 3.63) is 165 Å². The van der Waals surface area contributed by atoms with Crippen molar-refractivity contribution in [3.8, 4) is 33.8 Å². The van der Waals surface area contributed by atoms with Crippen molar-refractivity contribution in [2.24, 2.45) is 0 Å². The van der Waals surface area contributed by atoms with Crippen molar-refractivity contribution in [2.45, 2.75) is 50.4 Å².